The summed E-state index contributed by atoms with van der Waals surface area (Å²) < 4.78 is 6.44. The molecule has 0 aliphatic heterocycles. The van der Waals surface area contributed by atoms with E-state index >= 15 is 0 Å². The Morgan fingerprint density at radius 3 is 2.20 bits per heavy atom. The van der Waals surface area contributed by atoms with Gasteiger partial charge in [-0.05, 0) is 115 Å². The van der Waals surface area contributed by atoms with Crippen molar-refractivity contribution in [2.24, 2.45) is 52.3 Å². The number of hydrogen-bond acceptors (Lipinski definition) is 3. The van der Waals surface area contributed by atoms with Gasteiger partial charge in [-0.3, -0.25) is 0 Å². The lowest BCUT2D eigenvalue weighted by molar-refractivity contribution is -0.0852. The van der Waals surface area contributed by atoms with E-state index in [0.717, 1.165) is 53.6 Å². The molecular formula is C37H68N2O. The van der Waals surface area contributed by atoms with E-state index in [9.17, 15) is 0 Å². The highest BCUT2D eigenvalue weighted by atomic mass is 16.5. The average Bonchev–Trinajstić information content (AvgIpc) is 3.23. The number of rotatable bonds is 8. The second kappa shape index (κ2) is 15.2. The van der Waals surface area contributed by atoms with E-state index in [0.29, 0.717) is 22.2 Å². The summed E-state index contributed by atoms with van der Waals surface area (Å²) in [6.45, 7) is 25.8. The molecule has 0 saturated heterocycles. The minimum Gasteiger partial charge on any atom is -0.488 e. The summed E-state index contributed by atoms with van der Waals surface area (Å²) in [5.41, 5.74) is 14.3. The standard InChI is InChI=1S/C33H56N2O.2C2H6/c1-21(2)9-8-10-22(3)28-14-15-29(32(28,5)6)27-13-11-24-19-26(17-18-33(24,7)23(27)4)36-31-16-12-25(34)20-30(31)35;2*1-2/h12,16,20-24,26-29H,8-11,13-15,17-19,34-35H2,1-7H3;2*1-2H3. The molecule has 1 aromatic rings. The predicted octanol–water partition coefficient (Wildman–Crippen LogP) is 11.0. The number of hydrogen-bond donors (Lipinski definition) is 2. The third-order valence-corrected chi connectivity index (χ3v) is 11.7. The summed E-state index contributed by atoms with van der Waals surface area (Å²) >= 11 is 0. The van der Waals surface area contributed by atoms with Gasteiger partial charge >= 0.3 is 0 Å². The molecule has 4 rings (SSSR count). The van der Waals surface area contributed by atoms with E-state index in [4.69, 9.17) is 16.2 Å². The maximum atomic E-state index is 6.44. The smallest absolute Gasteiger partial charge is 0.142 e. The molecule has 0 heterocycles. The van der Waals surface area contributed by atoms with E-state index in [1.165, 1.54) is 57.8 Å². The number of fused-ring (bicyclic) bond motifs is 1. The molecule has 40 heavy (non-hydrogen) atoms. The first-order valence-electron chi connectivity index (χ1n) is 17.2. The van der Waals surface area contributed by atoms with E-state index < -0.39 is 0 Å². The van der Waals surface area contributed by atoms with Gasteiger partial charge in [-0.2, -0.15) is 0 Å². The number of nitrogen functional groups attached to an aromatic ring is 2. The van der Waals surface area contributed by atoms with Gasteiger partial charge in [0.2, 0.25) is 0 Å². The summed E-state index contributed by atoms with van der Waals surface area (Å²) in [5.74, 6) is 6.70. The van der Waals surface area contributed by atoms with Crippen molar-refractivity contribution in [1.82, 2.24) is 0 Å². The van der Waals surface area contributed by atoms with Crippen LogP contribution >= 0.6 is 0 Å². The number of benzene rings is 1. The molecule has 3 nitrogen and oxygen atoms in total. The van der Waals surface area contributed by atoms with E-state index in [2.05, 4.69) is 48.5 Å². The monoisotopic (exact) mass is 557 g/mol. The lowest BCUT2D eigenvalue weighted by Gasteiger charge is -2.56. The Hall–Kier alpha value is -1.38. The first-order valence-corrected chi connectivity index (χ1v) is 17.2. The molecule has 3 aliphatic carbocycles. The third-order valence-electron chi connectivity index (χ3n) is 11.7. The second-order valence-corrected chi connectivity index (χ2v) is 14.5. The fourth-order valence-electron chi connectivity index (χ4n) is 9.28. The lowest BCUT2D eigenvalue weighted by atomic mass is 9.49. The fourth-order valence-corrected chi connectivity index (χ4v) is 9.28. The number of nitrogens with two attached hydrogens (primary N) is 2. The molecule has 4 N–H and O–H groups in total. The molecule has 8 atom stereocenters. The van der Waals surface area contributed by atoms with Crippen molar-refractivity contribution in [3.05, 3.63) is 18.2 Å². The predicted molar refractivity (Wildman–Crippen MR) is 178 cm³/mol. The Morgan fingerprint density at radius 1 is 0.900 bits per heavy atom. The molecule has 3 aliphatic rings. The van der Waals surface area contributed by atoms with E-state index in [-0.39, 0.29) is 6.10 Å². The largest absolute Gasteiger partial charge is 0.488 e. The van der Waals surface area contributed by atoms with Gasteiger partial charge < -0.3 is 16.2 Å². The van der Waals surface area contributed by atoms with Crippen LogP contribution in [0.2, 0.25) is 0 Å². The summed E-state index contributed by atoms with van der Waals surface area (Å²) in [6.07, 6.45) is 13.7. The second-order valence-electron chi connectivity index (χ2n) is 14.5. The van der Waals surface area contributed by atoms with Crippen LogP contribution in [0.5, 0.6) is 5.75 Å². The highest BCUT2D eigenvalue weighted by Gasteiger charge is 2.55. The van der Waals surface area contributed by atoms with Crippen LogP contribution in [0.1, 0.15) is 140 Å². The highest BCUT2D eigenvalue weighted by Crippen LogP contribution is 2.63. The van der Waals surface area contributed by atoms with Crippen molar-refractivity contribution < 1.29 is 4.74 Å². The van der Waals surface area contributed by atoms with Crippen LogP contribution in [0, 0.1) is 52.3 Å². The molecule has 232 valence electrons. The number of ether oxygens (including phenoxy) is 1. The first kappa shape index (κ1) is 34.8. The molecule has 3 saturated carbocycles. The topological polar surface area (TPSA) is 61.3 Å². The Labute approximate surface area is 250 Å². The van der Waals surface area contributed by atoms with Crippen LogP contribution in [-0.2, 0) is 0 Å². The third kappa shape index (κ3) is 7.71. The average molecular weight is 557 g/mol. The van der Waals surface area contributed by atoms with Crippen LogP contribution in [0.15, 0.2) is 18.2 Å². The molecular weight excluding hydrogens is 488 g/mol. The van der Waals surface area contributed by atoms with Gasteiger partial charge in [0, 0.05) is 5.69 Å². The zero-order chi connectivity index (χ0) is 30.3. The SMILES string of the molecule is CC.CC.CC(C)CCCC(C)C1CCC(C2CCC3CC(Oc4ccc(N)cc4N)CCC3(C)C2C)C1(C)C. The van der Waals surface area contributed by atoms with Gasteiger partial charge in [0.15, 0.2) is 0 Å². The maximum Gasteiger partial charge on any atom is 0.142 e. The van der Waals surface area contributed by atoms with Gasteiger partial charge in [-0.25, -0.2) is 0 Å². The Morgan fingerprint density at radius 2 is 1.57 bits per heavy atom. The van der Waals surface area contributed by atoms with Crippen molar-refractivity contribution in [2.45, 2.75) is 146 Å². The van der Waals surface area contributed by atoms with Crippen molar-refractivity contribution in [3.8, 4) is 5.75 Å². The quantitative estimate of drug-likeness (QED) is 0.313. The van der Waals surface area contributed by atoms with Gasteiger partial charge in [0.05, 0.1) is 11.8 Å². The molecule has 0 aromatic heterocycles. The maximum absolute atomic E-state index is 6.44. The molecule has 0 amide bonds. The fraction of sp³-hybridized carbons (Fsp3) is 0.838. The first-order chi connectivity index (χ1) is 18.9. The van der Waals surface area contributed by atoms with Crippen LogP contribution in [0.4, 0.5) is 11.4 Å². The van der Waals surface area contributed by atoms with Gasteiger partial charge in [0.25, 0.3) is 0 Å². The van der Waals surface area contributed by atoms with Crippen molar-refractivity contribution in [1.29, 1.82) is 0 Å². The molecule has 0 radical (unpaired) electrons. The van der Waals surface area contributed by atoms with Crippen molar-refractivity contribution in [3.63, 3.8) is 0 Å². The molecule has 3 heteroatoms. The molecule has 3 fully saturated rings. The molecule has 1 aromatic carbocycles. The molecule has 0 bridgehead atoms. The van der Waals surface area contributed by atoms with Crippen LogP contribution in [0.3, 0.4) is 0 Å². The summed E-state index contributed by atoms with van der Waals surface area (Å²) in [6, 6.07) is 5.66. The Bertz CT molecular complexity index is 879. The van der Waals surface area contributed by atoms with Gasteiger partial charge in [0.1, 0.15) is 5.75 Å². The lowest BCUT2D eigenvalue weighted by Crippen LogP contribution is -2.50. The van der Waals surface area contributed by atoms with Gasteiger partial charge in [-0.1, -0.05) is 95.4 Å². The zero-order valence-corrected chi connectivity index (χ0v) is 28.5. The molecule has 8 unspecified atom stereocenters. The van der Waals surface area contributed by atoms with E-state index in [1.807, 2.05) is 45.9 Å². The van der Waals surface area contributed by atoms with Crippen molar-refractivity contribution in [2.75, 3.05) is 11.5 Å². The normalized spacial score (nSPS) is 33.6. The minimum atomic E-state index is 0.275. The highest BCUT2D eigenvalue weighted by molar-refractivity contribution is 5.60. The van der Waals surface area contributed by atoms with E-state index in [1.54, 1.807) is 0 Å². The van der Waals surface area contributed by atoms with Crippen LogP contribution in [0.25, 0.3) is 0 Å². The minimum absolute atomic E-state index is 0.275. The zero-order valence-electron chi connectivity index (χ0n) is 28.5. The molecule has 0 spiro atoms. The summed E-state index contributed by atoms with van der Waals surface area (Å²) in [5, 5.41) is 0. The Kier molecular flexibility index (Phi) is 13.2. The van der Waals surface area contributed by atoms with Crippen LogP contribution < -0.4 is 16.2 Å². The number of anilines is 2. The summed E-state index contributed by atoms with van der Waals surface area (Å²) in [7, 11) is 0. The Balaban J connectivity index is 0.00000134. The van der Waals surface area contributed by atoms with Crippen molar-refractivity contribution >= 4 is 11.4 Å². The van der Waals surface area contributed by atoms with Gasteiger partial charge in [-0.15, -0.1) is 0 Å². The summed E-state index contributed by atoms with van der Waals surface area (Å²) in [4.78, 5) is 0. The van der Waals surface area contributed by atoms with Crippen LogP contribution in [-0.4, -0.2) is 6.10 Å².